The van der Waals surface area contributed by atoms with Gasteiger partial charge in [-0.25, -0.2) is 9.37 Å². The molecule has 2 atom stereocenters. The van der Waals surface area contributed by atoms with Crippen molar-refractivity contribution in [3.63, 3.8) is 0 Å². The standard InChI is InChI=1S/C31H31FN2O3/c32-27-13-10-22(11-14-27)30-23(8-4-5-9-29(35)36)18-26-19-24(12-15-28(26)33-30)31(37)34-17-16-25(20-34)21-6-2-1-3-7-21/h1-3,6-7,10-13,15,18-19,25,27H,4-5,8-9,14,16-17,20H2,(H,35,36). The highest BCUT2D eigenvalue weighted by molar-refractivity contribution is 5.98. The summed E-state index contributed by atoms with van der Waals surface area (Å²) in [5.74, 6) is -0.421. The van der Waals surface area contributed by atoms with E-state index >= 15 is 0 Å². The van der Waals surface area contributed by atoms with E-state index in [-0.39, 0.29) is 12.3 Å². The minimum Gasteiger partial charge on any atom is -0.481 e. The van der Waals surface area contributed by atoms with Gasteiger partial charge in [-0.05, 0) is 72.7 Å². The minimum atomic E-state index is -0.983. The van der Waals surface area contributed by atoms with Crippen LogP contribution in [-0.2, 0) is 11.2 Å². The number of aliphatic carboxylic acids is 1. The predicted molar refractivity (Wildman–Crippen MR) is 143 cm³/mol. The van der Waals surface area contributed by atoms with Crippen molar-refractivity contribution in [2.45, 2.75) is 50.6 Å². The lowest BCUT2D eigenvalue weighted by molar-refractivity contribution is -0.137. The van der Waals surface area contributed by atoms with Crippen molar-refractivity contribution in [2.24, 2.45) is 0 Å². The number of carboxylic acids is 1. The van der Waals surface area contributed by atoms with Crippen LogP contribution in [0.4, 0.5) is 4.39 Å². The summed E-state index contributed by atoms with van der Waals surface area (Å²) in [5, 5.41) is 9.87. The summed E-state index contributed by atoms with van der Waals surface area (Å²) in [4.78, 5) is 31.1. The minimum absolute atomic E-state index is 0.0272. The maximum Gasteiger partial charge on any atom is 0.303 e. The maximum atomic E-state index is 13.7. The molecule has 0 radical (unpaired) electrons. The van der Waals surface area contributed by atoms with Gasteiger partial charge in [0.15, 0.2) is 0 Å². The summed E-state index contributed by atoms with van der Waals surface area (Å²) in [6.45, 7) is 1.45. The molecule has 0 bridgehead atoms. The second kappa shape index (κ2) is 11.1. The molecule has 3 aromatic rings. The monoisotopic (exact) mass is 498 g/mol. The van der Waals surface area contributed by atoms with E-state index in [1.54, 1.807) is 12.2 Å². The number of pyridine rings is 1. The molecular weight excluding hydrogens is 467 g/mol. The number of aryl methyl sites for hydroxylation is 1. The van der Waals surface area contributed by atoms with Gasteiger partial charge in [0.25, 0.3) is 5.91 Å². The van der Waals surface area contributed by atoms with Gasteiger partial charge in [0.05, 0.1) is 11.2 Å². The fourth-order valence-corrected chi connectivity index (χ4v) is 5.28. The Balaban J connectivity index is 1.40. The Bertz CT molecular complexity index is 1370. The van der Waals surface area contributed by atoms with E-state index in [2.05, 4.69) is 18.2 Å². The van der Waals surface area contributed by atoms with Crippen LogP contribution in [0.15, 0.2) is 72.8 Å². The normalized spacial score (nSPS) is 19.3. The number of allylic oxidation sites excluding steroid dienone is 4. The molecule has 2 heterocycles. The lowest BCUT2D eigenvalue weighted by atomic mass is 9.95. The lowest BCUT2D eigenvalue weighted by Crippen LogP contribution is -2.28. The summed E-state index contributed by atoms with van der Waals surface area (Å²) in [5.41, 5.74) is 5.36. The second-order valence-electron chi connectivity index (χ2n) is 9.92. The summed E-state index contributed by atoms with van der Waals surface area (Å²) in [6.07, 6.45) is 7.56. The Morgan fingerprint density at radius 1 is 1.08 bits per heavy atom. The van der Waals surface area contributed by atoms with Gasteiger partial charge in [0, 0.05) is 42.8 Å². The van der Waals surface area contributed by atoms with E-state index in [0.29, 0.717) is 43.7 Å². The Morgan fingerprint density at radius 3 is 2.68 bits per heavy atom. The number of nitrogens with zero attached hydrogens (tertiary/aromatic N) is 2. The first-order chi connectivity index (χ1) is 18.0. The third-order valence-corrected chi connectivity index (χ3v) is 7.29. The average molecular weight is 499 g/mol. The SMILES string of the molecule is O=C(O)CCCCc1cc2cc(C(=O)N3CCC(c4ccccc4)C3)ccc2nc1C1=CCC(F)C=C1. The molecule has 2 aromatic carbocycles. The molecule has 1 N–H and O–H groups in total. The van der Waals surface area contributed by atoms with E-state index < -0.39 is 12.1 Å². The quantitative estimate of drug-likeness (QED) is 0.368. The number of carbonyl (C=O) groups is 2. The van der Waals surface area contributed by atoms with Crippen LogP contribution in [0.5, 0.6) is 0 Å². The number of hydrogen-bond acceptors (Lipinski definition) is 3. The molecule has 1 saturated heterocycles. The molecule has 1 aliphatic carbocycles. The highest BCUT2D eigenvalue weighted by Crippen LogP contribution is 2.31. The molecule has 37 heavy (non-hydrogen) atoms. The van der Waals surface area contributed by atoms with Crippen LogP contribution >= 0.6 is 0 Å². The van der Waals surface area contributed by atoms with Crippen molar-refractivity contribution < 1.29 is 19.1 Å². The molecular formula is C31H31FN2O3. The van der Waals surface area contributed by atoms with Crippen LogP contribution in [0, 0.1) is 0 Å². The van der Waals surface area contributed by atoms with Crippen molar-refractivity contribution in [1.82, 2.24) is 9.88 Å². The van der Waals surface area contributed by atoms with Crippen LogP contribution in [-0.4, -0.2) is 46.1 Å². The van der Waals surface area contributed by atoms with Crippen LogP contribution in [0.3, 0.4) is 0 Å². The van der Waals surface area contributed by atoms with Gasteiger partial charge >= 0.3 is 5.97 Å². The number of likely N-dealkylation sites (tertiary alicyclic amines) is 1. The van der Waals surface area contributed by atoms with Crippen molar-refractivity contribution >= 4 is 28.4 Å². The van der Waals surface area contributed by atoms with Gasteiger partial charge in [-0.15, -0.1) is 0 Å². The number of carbonyl (C=O) groups excluding carboxylic acids is 1. The largest absolute Gasteiger partial charge is 0.481 e. The number of amides is 1. The number of unbranched alkanes of at least 4 members (excludes halogenated alkanes) is 1. The molecule has 1 aromatic heterocycles. The number of halogens is 1. The number of fused-ring (bicyclic) bond motifs is 1. The molecule has 6 heteroatoms. The first-order valence-electron chi connectivity index (χ1n) is 13.0. The van der Waals surface area contributed by atoms with E-state index in [0.717, 1.165) is 40.7 Å². The number of benzene rings is 2. The Labute approximate surface area is 216 Å². The summed E-state index contributed by atoms with van der Waals surface area (Å²) in [7, 11) is 0. The van der Waals surface area contributed by atoms with E-state index in [1.807, 2.05) is 47.4 Å². The molecule has 1 fully saturated rings. The average Bonchev–Trinajstić information content (AvgIpc) is 3.41. The molecule has 190 valence electrons. The number of hydrogen-bond donors (Lipinski definition) is 1. The lowest BCUT2D eigenvalue weighted by Gasteiger charge is -2.18. The molecule has 5 rings (SSSR count). The molecule has 1 aliphatic heterocycles. The summed E-state index contributed by atoms with van der Waals surface area (Å²) >= 11 is 0. The molecule has 1 amide bonds. The van der Waals surface area contributed by atoms with Crippen LogP contribution in [0.25, 0.3) is 16.5 Å². The first-order valence-corrected chi connectivity index (χ1v) is 13.0. The fourth-order valence-electron chi connectivity index (χ4n) is 5.28. The Morgan fingerprint density at radius 2 is 1.92 bits per heavy atom. The zero-order chi connectivity index (χ0) is 25.8. The zero-order valence-electron chi connectivity index (χ0n) is 20.8. The summed E-state index contributed by atoms with van der Waals surface area (Å²) in [6, 6.07) is 18.0. The smallest absolute Gasteiger partial charge is 0.303 e. The molecule has 2 unspecified atom stereocenters. The predicted octanol–water partition coefficient (Wildman–Crippen LogP) is 6.34. The van der Waals surface area contributed by atoms with E-state index in [1.165, 1.54) is 5.56 Å². The van der Waals surface area contributed by atoms with Gasteiger partial charge in [-0.3, -0.25) is 9.59 Å². The Kier molecular flexibility index (Phi) is 7.45. The number of aromatic nitrogens is 1. The topological polar surface area (TPSA) is 70.5 Å². The third-order valence-electron chi connectivity index (χ3n) is 7.29. The highest BCUT2D eigenvalue weighted by atomic mass is 19.1. The highest BCUT2D eigenvalue weighted by Gasteiger charge is 2.28. The number of alkyl halides is 1. The number of rotatable bonds is 8. The first kappa shape index (κ1) is 24.9. The van der Waals surface area contributed by atoms with Crippen LogP contribution in [0.2, 0.25) is 0 Å². The Hall–Kier alpha value is -3.80. The second-order valence-corrected chi connectivity index (χ2v) is 9.92. The van der Waals surface area contributed by atoms with Gasteiger partial charge < -0.3 is 10.0 Å². The zero-order valence-corrected chi connectivity index (χ0v) is 20.8. The van der Waals surface area contributed by atoms with Crippen molar-refractivity contribution in [3.05, 3.63) is 95.2 Å². The van der Waals surface area contributed by atoms with E-state index in [4.69, 9.17) is 10.1 Å². The van der Waals surface area contributed by atoms with Gasteiger partial charge in [-0.1, -0.05) is 42.5 Å². The van der Waals surface area contributed by atoms with Crippen molar-refractivity contribution in [3.8, 4) is 0 Å². The number of carboxylic acid groups (broad SMARTS) is 1. The van der Waals surface area contributed by atoms with Gasteiger partial charge in [0.2, 0.25) is 0 Å². The molecule has 0 saturated carbocycles. The van der Waals surface area contributed by atoms with Crippen molar-refractivity contribution in [1.29, 1.82) is 0 Å². The van der Waals surface area contributed by atoms with Gasteiger partial charge in [0.1, 0.15) is 6.17 Å². The van der Waals surface area contributed by atoms with Crippen molar-refractivity contribution in [2.75, 3.05) is 13.1 Å². The maximum absolute atomic E-state index is 13.7. The molecule has 0 spiro atoms. The van der Waals surface area contributed by atoms with E-state index in [9.17, 15) is 14.0 Å². The van der Waals surface area contributed by atoms with Gasteiger partial charge in [-0.2, -0.15) is 0 Å². The summed E-state index contributed by atoms with van der Waals surface area (Å²) < 4.78 is 13.7. The van der Waals surface area contributed by atoms with Crippen LogP contribution in [0.1, 0.15) is 65.2 Å². The van der Waals surface area contributed by atoms with Crippen LogP contribution < -0.4 is 0 Å². The third kappa shape index (κ3) is 5.79. The molecule has 5 nitrogen and oxygen atoms in total. The molecule has 2 aliphatic rings. The fraction of sp³-hybridized carbons (Fsp3) is 0.323.